The number of hydrogen-bond acceptors (Lipinski definition) is 6. The fraction of sp³-hybridized carbons (Fsp3) is 0.261. The molecule has 8 nitrogen and oxygen atoms in total. The van der Waals surface area contributed by atoms with Crippen molar-refractivity contribution in [3.8, 4) is 17.0 Å². The highest BCUT2D eigenvalue weighted by molar-refractivity contribution is 6.00. The average molecular weight is 421 g/mol. The van der Waals surface area contributed by atoms with Crippen LogP contribution in [0.1, 0.15) is 38.0 Å². The molecule has 0 unspecified atom stereocenters. The number of benzene rings is 2. The van der Waals surface area contributed by atoms with E-state index in [-0.39, 0.29) is 11.9 Å². The first-order chi connectivity index (χ1) is 15.1. The third-order valence-electron chi connectivity index (χ3n) is 5.41. The molecule has 0 radical (unpaired) electrons. The normalized spacial score (nSPS) is 15.1. The van der Waals surface area contributed by atoms with Gasteiger partial charge in [0.05, 0.1) is 38.1 Å². The van der Waals surface area contributed by atoms with Crippen molar-refractivity contribution in [1.29, 1.82) is 0 Å². The number of carbonyl (C=O) groups excluding carboxylic acids is 2. The van der Waals surface area contributed by atoms with Crippen molar-refractivity contribution < 1.29 is 23.8 Å². The van der Waals surface area contributed by atoms with E-state index in [0.29, 0.717) is 30.1 Å². The van der Waals surface area contributed by atoms with Crippen molar-refractivity contribution in [2.24, 2.45) is 0 Å². The van der Waals surface area contributed by atoms with E-state index >= 15 is 0 Å². The van der Waals surface area contributed by atoms with Gasteiger partial charge < -0.3 is 19.1 Å². The monoisotopic (exact) mass is 421 g/mol. The summed E-state index contributed by atoms with van der Waals surface area (Å²) in [6, 6.07) is 14.3. The van der Waals surface area contributed by atoms with Gasteiger partial charge in [0.2, 0.25) is 0 Å². The molecule has 1 aliphatic heterocycles. The highest BCUT2D eigenvalue weighted by Gasteiger charge is 2.41. The van der Waals surface area contributed by atoms with Crippen molar-refractivity contribution in [1.82, 2.24) is 15.1 Å². The minimum atomic E-state index is -0.409. The van der Waals surface area contributed by atoms with E-state index in [9.17, 15) is 9.59 Å². The number of hydrogen-bond donors (Lipinski definition) is 1. The van der Waals surface area contributed by atoms with E-state index in [1.165, 1.54) is 7.11 Å². The first-order valence-corrected chi connectivity index (χ1v) is 9.80. The van der Waals surface area contributed by atoms with Crippen LogP contribution < -0.4 is 4.74 Å². The molecule has 1 aliphatic rings. The molecule has 1 aromatic heterocycles. The number of nitrogens with one attached hydrogen (secondary N) is 1. The van der Waals surface area contributed by atoms with Crippen molar-refractivity contribution in [2.45, 2.75) is 6.04 Å². The molecule has 8 heteroatoms. The number of aromatic nitrogens is 2. The van der Waals surface area contributed by atoms with Crippen molar-refractivity contribution >= 4 is 11.9 Å². The van der Waals surface area contributed by atoms with Crippen LogP contribution in [0.4, 0.5) is 0 Å². The summed E-state index contributed by atoms with van der Waals surface area (Å²) >= 11 is 0. The molecule has 2 aromatic carbocycles. The lowest BCUT2D eigenvalue weighted by Crippen LogP contribution is -2.32. The van der Waals surface area contributed by atoms with Gasteiger partial charge in [0.1, 0.15) is 11.4 Å². The molecular weight excluding hydrogens is 398 g/mol. The molecule has 4 rings (SSSR count). The zero-order chi connectivity index (χ0) is 22.0. The summed E-state index contributed by atoms with van der Waals surface area (Å²) in [7, 11) is 4.56. The number of esters is 1. The summed E-state index contributed by atoms with van der Waals surface area (Å²) in [5.41, 5.74) is 4.15. The van der Waals surface area contributed by atoms with Gasteiger partial charge in [-0.25, -0.2) is 4.79 Å². The molecule has 0 saturated carbocycles. The van der Waals surface area contributed by atoms with Gasteiger partial charge in [-0.3, -0.25) is 9.89 Å². The topological polar surface area (TPSA) is 93.8 Å². The maximum atomic E-state index is 13.2. The second-order valence-corrected chi connectivity index (χ2v) is 7.10. The molecule has 1 atom stereocenters. The molecule has 160 valence electrons. The number of aromatic amines is 1. The maximum absolute atomic E-state index is 13.2. The van der Waals surface area contributed by atoms with Crippen LogP contribution in [0.5, 0.6) is 5.75 Å². The zero-order valence-electron chi connectivity index (χ0n) is 17.5. The Hall–Kier alpha value is -3.65. The van der Waals surface area contributed by atoms with Crippen LogP contribution in [0.25, 0.3) is 11.3 Å². The Balaban J connectivity index is 1.79. The predicted molar refractivity (Wildman–Crippen MR) is 113 cm³/mol. The molecule has 0 saturated heterocycles. The average Bonchev–Trinajstić information content (AvgIpc) is 3.36. The third-order valence-corrected chi connectivity index (χ3v) is 5.41. The Morgan fingerprint density at radius 1 is 1.06 bits per heavy atom. The minimum absolute atomic E-state index is 0.138. The molecule has 0 bridgehead atoms. The molecule has 2 heterocycles. The second kappa shape index (κ2) is 8.61. The Kier molecular flexibility index (Phi) is 5.73. The Morgan fingerprint density at radius 3 is 2.39 bits per heavy atom. The summed E-state index contributed by atoms with van der Waals surface area (Å²) in [4.78, 5) is 26.7. The fourth-order valence-electron chi connectivity index (χ4n) is 3.85. The molecule has 3 aromatic rings. The number of amides is 1. The Labute approximate surface area is 179 Å². The number of ether oxygens (including phenoxy) is 3. The van der Waals surface area contributed by atoms with Crippen molar-refractivity contribution in [3.63, 3.8) is 0 Å². The van der Waals surface area contributed by atoms with Crippen LogP contribution >= 0.6 is 0 Å². The van der Waals surface area contributed by atoms with Crippen LogP contribution in [0, 0.1) is 0 Å². The molecule has 0 fully saturated rings. The van der Waals surface area contributed by atoms with Crippen molar-refractivity contribution in [2.75, 3.05) is 34.5 Å². The van der Waals surface area contributed by atoms with Crippen LogP contribution in [-0.4, -0.2) is 61.5 Å². The molecule has 0 aliphatic carbocycles. The largest absolute Gasteiger partial charge is 0.497 e. The molecule has 1 N–H and O–H groups in total. The Morgan fingerprint density at radius 2 is 1.77 bits per heavy atom. The zero-order valence-corrected chi connectivity index (χ0v) is 17.5. The predicted octanol–water partition coefficient (Wildman–Crippen LogP) is 3.06. The van der Waals surface area contributed by atoms with E-state index in [0.717, 1.165) is 22.4 Å². The van der Waals surface area contributed by atoms with Gasteiger partial charge in [0, 0.05) is 24.8 Å². The van der Waals surface area contributed by atoms with Gasteiger partial charge in [0.15, 0.2) is 0 Å². The number of carbonyl (C=O) groups is 2. The summed E-state index contributed by atoms with van der Waals surface area (Å²) in [5.74, 6) is 0.193. The summed E-state index contributed by atoms with van der Waals surface area (Å²) < 4.78 is 15.3. The van der Waals surface area contributed by atoms with Gasteiger partial charge >= 0.3 is 5.97 Å². The summed E-state index contributed by atoms with van der Waals surface area (Å²) in [5, 5.41) is 7.37. The van der Waals surface area contributed by atoms with Crippen LogP contribution in [-0.2, 0) is 9.47 Å². The van der Waals surface area contributed by atoms with Crippen LogP contribution in [0.3, 0.4) is 0 Å². The van der Waals surface area contributed by atoms with E-state index in [1.807, 2.05) is 36.4 Å². The summed E-state index contributed by atoms with van der Waals surface area (Å²) in [6.07, 6.45) is 0. The van der Waals surface area contributed by atoms with Gasteiger partial charge in [0.25, 0.3) is 5.91 Å². The lowest BCUT2D eigenvalue weighted by atomic mass is 9.95. The second-order valence-electron chi connectivity index (χ2n) is 7.10. The van der Waals surface area contributed by atoms with Gasteiger partial charge in [-0.05, 0) is 42.0 Å². The summed E-state index contributed by atoms with van der Waals surface area (Å²) in [6.45, 7) is 0.821. The maximum Gasteiger partial charge on any atom is 0.337 e. The SMILES string of the molecule is COCCN1C(=O)c2[nH]nc(-c3ccc(OC)cc3)c2[C@H]1c1ccc(C(=O)OC)cc1. The molecule has 0 spiro atoms. The van der Waals surface area contributed by atoms with Gasteiger partial charge in [-0.1, -0.05) is 12.1 Å². The number of H-pyrrole nitrogens is 1. The third kappa shape index (κ3) is 3.66. The molecule has 31 heavy (non-hydrogen) atoms. The van der Waals surface area contributed by atoms with Gasteiger partial charge in [-0.2, -0.15) is 5.10 Å². The van der Waals surface area contributed by atoms with E-state index in [1.54, 1.807) is 31.3 Å². The first-order valence-electron chi connectivity index (χ1n) is 9.80. The van der Waals surface area contributed by atoms with E-state index < -0.39 is 5.97 Å². The van der Waals surface area contributed by atoms with E-state index in [4.69, 9.17) is 14.2 Å². The quantitative estimate of drug-likeness (QED) is 0.590. The van der Waals surface area contributed by atoms with Crippen LogP contribution in [0.2, 0.25) is 0 Å². The highest BCUT2D eigenvalue weighted by atomic mass is 16.5. The number of methoxy groups -OCH3 is 3. The fourth-order valence-corrected chi connectivity index (χ4v) is 3.85. The van der Waals surface area contributed by atoms with Crippen LogP contribution in [0.15, 0.2) is 48.5 Å². The standard InChI is InChI=1S/C23H23N3O5/c1-29-13-12-26-21(15-4-6-16(7-5-15)23(28)31-3)18-19(24-25-20(18)22(26)27)14-8-10-17(30-2)11-9-14/h4-11,21H,12-13H2,1-3H3,(H,24,25)/t21-/m1/s1. The van der Waals surface area contributed by atoms with E-state index in [2.05, 4.69) is 10.2 Å². The number of nitrogens with zero attached hydrogens (tertiary/aromatic N) is 2. The highest BCUT2D eigenvalue weighted by Crippen LogP contribution is 2.42. The smallest absolute Gasteiger partial charge is 0.337 e. The molecular formula is C23H23N3O5. The molecule has 1 amide bonds. The Bertz CT molecular complexity index is 1090. The van der Waals surface area contributed by atoms with Gasteiger partial charge in [-0.15, -0.1) is 0 Å². The lowest BCUT2D eigenvalue weighted by Gasteiger charge is -2.26. The van der Waals surface area contributed by atoms with Crippen molar-refractivity contribution in [3.05, 3.63) is 70.9 Å². The number of fused-ring (bicyclic) bond motifs is 1. The number of rotatable bonds is 7. The minimum Gasteiger partial charge on any atom is -0.497 e. The lowest BCUT2D eigenvalue weighted by molar-refractivity contribution is 0.0599. The first kappa shape index (κ1) is 20.6.